The maximum absolute atomic E-state index is 9.76. The molecule has 3 N–H and O–H groups in total. The van der Waals surface area contributed by atoms with Crippen molar-refractivity contribution in [2.45, 2.75) is 6.29 Å². The number of hydrogen-bond acceptors (Lipinski definition) is 5. The number of anilines is 1. The van der Waals surface area contributed by atoms with Gasteiger partial charge in [-0.15, -0.1) is 0 Å². The lowest BCUT2D eigenvalue weighted by Crippen LogP contribution is -2.15. The molecule has 5 nitrogen and oxygen atoms in total. The van der Waals surface area contributed by atoms with Gasteiger partial charge in [0, 0.05) is 11.8 Å². The fourth-order valence-electron chi connectivity index (χ4n) is 1.75. The molecule has 16 heavy (non-hydrogen) atoms. The summed E-state index contributed by atoms with van der Waals surface area (Å²) in [6, 6.07) is 7.36. The summed E-state index contributed by atoms with van der Waals surface area (Å²) in [4.78, 5) is 7.97. The van der Waals surface area contributed by atoms with Gasteiger partial charge in [0.15, 0.2) is 0 Å². The molecule has 1 atom stereocenters. The van der Waals surface area contributed by atoms with Crippen molar-refractivity contribution in [1.29, 1.82) is 0 Å². The number of ether oxygens (including phenoxy) is 1. The summed E-state index contributed by atoms with van der Waals surface area (Å²) in [5, 5.41) is 9.76. The predicted molar refractivity (Wildman–Crippen MR) is 57.5 cm³/mol. The van der Waals surface area contributed by atoms with E-state index < -0.39 is 6.29 Å². The molecule has 0 spiro atoms. The summed E-state index contributed by atoms with van der Waals surface area (Å²) in [5.41, 5.74) is 7.52. The summed E-state index contributed by atoms with van der Waals surface area (Å²) in [5.74, 6) is 0.781. The van der Waals surface area contributed by atoms with Crippen LogP contribution in [0.2, 0.25) is 0 Å². The Morgan fingerprint density at radius 3 is 3.00 bits per heavy atom. The van der Waals surface area contributed by atoms with E-state index in [1.54, 1.807) is 6.07 Å². The summed E-state index contributed by atoms with van der Waals surface area (Å²) in [7, 11) is 0. The second kappa shape index (κ2) is 3.18. The van der Waals surface area contributed by atoms with Gasteiger partial charge in [-0.1, -0.05) is 12.1 Å². The van der Waals surface area contributed by atoms with Gasteiger partial charge in [0.05, 0.1) is 11.3 Å². The Hall–Kier alpha value is -2.14. The average Bonchev–Trinajstić information content (AvgIpc) is 2.29. The molecule has 0 fully saturated rings. The quantitative estimate of drug-likeness (QED) is 0.688. The molecule has 2 heterocycles. The van der Waals surface area contributed by atoms with Gasteiger partial charge in [0.1, 0.15) is 5.75 Å². The zero-order chi connectivity index (χ0) is 11.1. The van der Waals surface area contributed by atoms with Crippen LogP contribution < -0.4 is 10.5 Å². The molecule has 0 unspecified atom stereocenters. The van der Waals surface area contributed by atoms with Gasteiger partial charge in [0.25, 0.3) is 0 Å². The van der Waals surface area contributed by atoms with Crippen LogP contribution in [0.5, 0.6) is 5.75 Å². The molecule has 0 aliphatic carbocycles. The highest BCUT2D eigenvalue weighted by atomic mass is 16.6. The molecule has 0 saturated heterocycles. The molecule has 1 aliphatic heterocycles. The second-order valence-corrected chi connectivity index (χ2v) is 3.50. The second-order valence-electron chi connectivity index (χ2n) is 3.50. The Balaban J connectivity index is 2.30. The Labute approximate surface area is 91.5 Å². The molecule has 1 aromatic carbocycles. The highest BCUT2D eigenvalue weighted by Crippen LogP contribution is 2.39. The maximum atomic E-state index is 9.76. The lowest BCUT2D eigenvalue weighted by molar-refractivity contribution is -0.0218. The van der Waals surface area contributed by atoms with Crippen LogP contribution in [-0.2, 0) is 0 Å². The molecule has 0 saturated carbocycles. The van der Waals surface area contributed by atoms with Crippen LogP contribution in [0.1, 0.15) is 11.9 Å². The highest BCUT2D eigenvalue weighted by molar-refractivity contribution is 5.72. The first-order valence-electron chi connectivity index (χ1n) is 4.82. The number of nitrogen functional groups attached to an aromatic ring is 1. The van der Waals surface area contributed by atoms with E-state index in [2.05, 4.69) is 9.97 Å². The van der Waals surface area contributed by atoms with Gasteiger partial charge in [-0.05, 0) is 12.1 Å². The van der Waals surface area contributed by atoms with E-state index in [1.807, 2.05) is 18.2 Å². The van der Waals surface area contributed by atoms with Crippen LogP contribution >= 0.6 is 0 Å². The Morgan fingerprint density at radius 2 is 2.12 bits per heavy atom. The fraction of sp³-hybridized carbons (Fsp3) is 0.0909. The average molecular weight is 215 g/mol. The Kier molecular flexibility index (Phi) is 1.81. The molecule has 0 amide bonds. The number of fused-ring (bicyclic) bond motifs is 3. The number of hydrogen-bond donors (Lipinski definition) is 2. The monoisotopic (exact) mass is 215 g/mol. The third-order valence-electron chi connectivity index (χ3n) is 2.48. The first kappa shape index (κ1) is 9.11. The Morgan fingerprint density at radius 1 is 1.31 bits per heavy atom. The SMILES string of the molecule is Nc1ncc2c(n1)-c1ccccc1O[C@@H]2O. The van der Waals surface area contributed by atoms with Gasteiger partial charge in [-0.3, -0.25) is 0 Å². The molecule has 0 bridgehead atoms. The number of aromatic nitrogens is 2. The predicted octanol–water partition coefficient (Wildman–Crippen LogP) is 1.11. The van der Waals surface area contributed by atoms with Crippen molar-refractivity contribution in [3.8, 4) is 17.0 Å². The van der Waals surface area contributed by atoms with E-state index in [0.29, 0.717) is 17.0 Å². The molecule has 1 aliphatic rings. The number of aliphatic hydroxyl groups excluding tert-OH is 1. The number of nitrogens with two attached hydrogens (primary N) is 1. The molecule has 0 radical (unpaired) electrons. The van der Waals surface area contributed by atoms with Crippen molar-refractivity contribution in [2.24, 2.45) is 0 Å². The van der Waals surface area contributed by atoms with E-state index in [4.69, 9.17) is 10.5 Å². The molecule has 80 valence electrons. The lowest BCUT2D eigenvalue weighted by Gasteiger charge is -2.23. The highest BCUT2D eigenvalue weighted by Gasteiger charge is 2.25. The number of aliphatic hydroxyl groups is 1. The summed E-state index contributed by atoms with van der Waals surface area (Å²) in [6.45, 7) is 0. The summed E-state index contributed by atoms with van der Waals surface area (Å²) >= 11 is 0. The first-order chi connectivity index (χ1) is 7.75. The van der Waals surface area contributed by atoms with Gasteiger partial charge in [-0.25, -0.2) is 9.97 Å². The molecule has 2 aromatic rings. The van der Waals surface area contributed by atoms with Crippen LogP contribution in [0.3, 0.4) is 0 Å². The van der Waals surface area contributed by atoms with Crippen molar-refractivity contribution >= 4 is 5.95 Å². The minimum Gasteiger partial charge on any atom is -0.460 e. The maximum Gasteiger partial charge on any atom is 0.227 e. The van der Waals surface area contributed by atoms with E-state index in [9.17, 15) is 5.11 Å². The molecular formula is C11H9N3O2. The molecule has 3 rings (SSSR count). The van der Waals surface area contributed by atoms with Crippen molar-refractivity contribution in [2.75, 3.05) is 5.73 Å². The third-order valence-corrected chi connectivity index (χ3v) is 2.48. The zero-order valence-electron chi connectivity index (χ0n) is 8.29. The molecular weight excluding hydrogens is 206 g/mol. The summed E-state index contributed by atoms with van der Waals surface area (Å²) < 4.78 is 5.33. The molecule has 5 heteroatoms. The lowest BCUT2D eigenvalue weighted by atomic mass is 10.0. The van der Waals surface area contributed by atoms with Crippen molar-refractivity contribution < 1.29 is 9.84 Å². The molecule has 1 aromatic heterocycles. The minimum absolute atomic E-state index is 0.183. The number of benzene rings is 1. The Bertz CT molecular complexity index is 557. The van der Waals surface area contributed by atoms with Crippen molar-refractivity contribution in [3.05, 3.63) is 36.0 Å². The van der Waals surface area contributed by atoms with Crippen LogP contribution in [0.25, 0.3) is 11.3 Å². The van der Waals surface area contributed by atoms with Crippen LogP contribution in [-0.4, -0.2) is 15.1 Å². The van der Waals surface area contributed by atoms with Crippen LogP contribution in [0.4, 0.5) is 5.95 Å². The van der Waals surface area contributed by atoms with E-state index >= 15 is 0 Å². The van der Waals surface area contributed by atoms with E-state index in [-0.39, 0.29) is 5.95 Å². The topological polar surface area (TPSA) is 81.3 Å². The third kappa shape index (κ3) is 1.22. The number of rotatable bonds is 0. The number of para-hydroxylation sites is 1. The van der Waals surface area contributed by atoms with Crippen LogP contribution in [0.15, 0.2) is 30.5 Å². The standard InChI is InChI=1S/C11H9N3O2/c12-11-13-5-7-9(14-11)6-3-1-2-4-8(6)16-10(7)15/h1-5,10,15H,(H2,12,13,14)/t10-/m0/s1. The smallest absolute Gasteiger partial charge is 0.227 e. The fourth-order valence-corrected chi connectivity index (χ4v) is 1.75. The van der Waals surface area contributed by atoms with Crippen molar-refractivity contribution in [3.63, 3.8) is 0 Å². The van der Waals surface area contributed by atoms with Gasteiger partial charge >= 0.3 is 0 Å². The van der Waals surface area contributed by atoms with Gasteiger partial charge in [-0.2, -0.15) is 0 Å². The zero-order valence-corrected chi connectivity index (χ0v) is 8.29. The van der Waals surface area contributed by atoms with E-state index in [0.717, 1.165) is 5.56 Å². The number of nitrogens with zero attached hydrogens (tertiary/aromatic N) is 2. The van der Waals surface area contributed by atoms with E-state index in [1.165, 1.54) is 6.20 Å². The van der Waals surface area contributed by atoms with Gasteiger partial charge in [0.2, 0.25) is 12.2 Å². The normalized spacial score (nSPS) is 17.2. The largest absolute Gasteiger partial charge is 0.460 e. The summed E-state index contributed by atoms with van der Waals surface area (Å²) in [6.07, 6.45) is 0.448. The minimum atomic E-state index is -1.04. The first-order valence-corrected chi connectivity index (χ1v) is 4.82. The van der Waals surface area contributed by atoms with Gasteiger partial charge < -0.3 is 15.6 Å². The van der Waals surface area contributed by atoms with Crippen molar-refractivity contribution in [1.82, 2.24) is 9.97 Å². The van der Waals surface area contributed by atoms with Crippen LogP contribution in [0, 0.1) is 0 Å².